The van der Waals surface area contributed by atoms with Crippen LogP contribution in [0.4, 0.5) is 4.79 Å². The lowest BCUT2D eigenvalue weighted by Gasteiger charge is -2.21. The van der Waals surface area contributed by atoms with Crippen molar-refractivity contribution < 1.29 is 24.2 Å². The highest BCUT2D eigenvalue weighted by molar-refractivity contribution is 5.82. The van der Waals surface area contributed by atoms with Gasteiger partial charge < -0.3 is 20.5 Å². The van der Waals surface area contributed by atoms with Crippen molar-refractivity contribution in [1.82, 2.24) is 10.6 Å². The fourth-order valence-corrected chi connectivity index (χ4v) is 4.43. The van der Waals surface area contributed by atoms with Gasteiger partial charge in [-0.1, -0.05) is 55.5 Å². The van der Waals surface area contributed by atoms with Crippen molar-refractivity contribution in [3.05, 3.63) is 59.7 Å². The molecule has 0 saturated heterocycles. The third-order valence-corrected chi connectivity index (χ3v) is 6.43. The summed E-state index contributed by atoms with van der Waals surface area (Å²) in [5, 5.41) is 14.6. The molecular formula is C25H28N2O5. The average molecular weight is 437 g/mol. The van der Waals surface area contributed by atoms with E-state index in [2.05, 4.69) is 34.9 Å². The van der Waals surface area contributed by atoms with Crippen molar-refractivity contribution in [3.63, 3.8) is 0 Å². The van der Waals surface area contributed by atoms with Crippen molar-refractivity contribution in [2.45, 2.75) is 44.1 Å². The molecule has 1 fully saturated rings. The Kier molecular flexibility index (Phi) is 6.17. The molecule has 0 bridgehead atoms. The summed E-state index contributed by atoms with van der Waals surface area (Å²) < 4.78 is 5.52. The van der Waals surface area contributed by atoms with Gasteiger partial charge in [0.25, 0.3) is 0 Å². The number of hydrogen-bond acceptors (Lipinski definition) is 4. The van der Waals surface area contributed by atoms with Crippen LogP contribution in [0, 0.1) is 5.92 Å². The number of carbonyl (C=O) groups excluding carboxylic acids is 2. The molecule has 0 heterocycles. The second-order valence-corrected chi connectivity index (χ2v) is 8.65. The SMILES string of the molecule is CCC(CNC(=O)OCC1c2ccccc2-c2ccccc21)C(=O)NC1(CC(=O)O)CC1. The Bertz CT molecular complexity index is 985. The molecule has 0 aromatic heterocycles. The molecule has 3 N–H and O–H groups in total. The van der Waals surface area contributed by atoms with E-state index in [0.717, 1.165) is 22.3 Å². The van der Waals surface area contributed by atoms with Gasteiger partial charge in [0, 0.05) is 12.5 Å². The lowest BCUT2D eigenvalue weighted by molar-refractivity contribution is -0.138. The minimum Gasteiger partial charge on any atom is -0.481 e. The predicted molar refractivity (Wildman–Crippen MR) is 119 cm³/mol. The van der Waals surface area contributed by atoms with E-state index in [1.807, 2.05) is 31.2 Å². The van der Waals surface area contributed by atoms with Crippen LogP contribution in [0.2, 0.25) is 0 Å². The fraction of sp³-hybridized carbons (Fsp3) is 0.400. The Hall–Kier alpha value is -3.35. The number of carbonyl (C=O) groups is 3. The van der Waals surface area contributed by atoms with Crippen LogP contribution in [-0.2, 0) is 14.3 Å². The second-order valence-electron chi connectivity index (χ2n) is 8.65. The highest BCUT2D eigenvalue weighted by Crippen LogP contribution is 2.44. The first-order valence-corrected chi connectivity index (χ1v) is 11.0. The van der Waals surface area contributed by atoms with Crippen molar-refractivity contribution >= 4 is 18.0 Å². The summed E-state index contributed by atoms with van der Waals surface area (Å²) >= 11 is 0. The maximum absolute atomic E-state index is 12.6. The normalized spacial score (nSPS) is 16.4. The van der Waals surface area contributed by atoms with Crippen LogP contribution >= 0.6 is 0 Å². The number of benzene rings is 2. The van der Waals surface area contributed by atoms with Crippen LogP contribution in [0.5, 0.6) is 0 Å². The predicted octanol–water partition coefficient (Wildman–Crippen LogP) is 3.67. The Morgan fingerprint density at radius 1 is 1.06 bits per heavy atom. The monoisotopic (exact) mass is 436 g/mol. The zero-order valence-corrected chi connectivity index (χ0v) is 18.1. The minimum absolute atomic E-state index is 0.0239. The van der Waals surface area contributed by atoms with Gasteiger partial charge in [-0.3, -0.25) is 9.59 Å². The van der Waals surface area contributed by atoms with Gasteiger partial charge in [-0.2, -0.15) is 0 Å². The zero-order chi connectivity index (χ0) is 22.7. The van der Waals surface area contributed by atoms with Crippen molar-refractivity contribution in [2.75, 3.05) is 13.2 Å². The van der Waals surface area contributed by atoms with Crippen LogP contribution in [0.15, 0.2) is 48.5 Å². The van der Waals surface area contributed by atoms with Crippen molar-refractivity contribution in [3.8, 4) is 11.1 Å². The fourth-order valence-electron chi connectivity index (χ4n) is 4.43. The summed E-state index contributed by atoms with van der Waals surface area (Å²) in [6.45, 7) is 2.22. The van der Waals surface area contributed by atoms with Gasteiger partial charge in [-0.15, -0.1) is 0 Å². The Balaban J connectivity index is 1.31. The Morgan fingerprint density at radius 3 is 2.19 bits per heavy atom. The number of fused-ring (bicyclic) bond motifs is 3. The van der Waals surface area contributed by atoms with Crippen LogP contribution in [0.25, 0.3) is 11.1 Å². The van der Waals surface area contributed by atoms with Gasteiger partial charge in [-0.25, -0.2) is 4.79 Å². The molecule has 1 atom stereocenters. The third kappa shape index (κ3) is 4.61. The molecule has 32 heavy (non-hydrogen) atoms. The molecule has 7 heteroatoms. The number of amides is 2. The summed E-state index contributed by atoms with van der Waals surface area (Å²) in [5.74, 6) is -1.62. The third-order valence-electron chi connectivity index (χ3n) is 6.43. The molecule has 2 aliphatic rings. The molecule has 168 valence electrons. The number of aliphatic carboxylic acids is 1. The first-order chi connectivity index (χ1) is 15.4. The smallest absolute Gasteiger partial charge is 0.407 e. The van der Waals surface area contributed by atoms with Crippen LogP contribution in [-0.4, -0.2) is 41.8 Å². The number of nitrogens with one attached hydrogen (secondary N) is 2. The molecule has 0 aliphatic heterocycles. The number of hydrogen-bond donors (Lipinski definition) is 3. The van der Waals surface area contributed by atoms with E-state index in [1.54, 1.807) is 0 Å². The number of alkyl carbamates (subject to hydrolysis) is 1. The molecule has 4 rings (SSSR count). The molecule has 2 aromatic carbocycles. The Labute approximate surface area is 187 Å². The number of carboxylic acid groups (broad SMARTS) is 1. The van der Waals surface area contributed by atoms with Gasteiger partial charge in [-0.05, 0) is 41.5 Å². The highest BCUT2D eigenvalue weighted by Gasteiger charge is 2.46. The van der Waals surface area contributed by atoms with Crippen LogP contribution < -0.4 is 10.6 Å². The molecule has 1 unspecified atom stereocenters. The number of ether oxygens (including phenoxy) is 1. The number of rotatable bonds is 9. The lowest BCUT2D eigenvalue weighted by Crippen LogP contribution is -2.45. The standard InChI is InChI=1S/C25H28N2O5/c1-2-16(23(30)27-25(11-12-25)13-22(28)29)14-26-24(31)32-15-21-19-9-5-3-7-17(19)18-8-4-6-10-20(18)21/h3-10,16,21H,2,11-15H2,1H3,(H,26,31)(H,27,30)(H,28,29). The molecule has 0 radical (unpaired) electrons. The van der Waals surface area contributed by atoms with Gasteiger partial charge in [0.15, 0.2) is 0 Å². The van der Waals surface area contributed by atoms with Gasteiger partial charge >= 0.3 is 12.1 Å². The van der Waals surface area contributed by atoms with E-state index in [4.69, 9.17) is 9.84 Å². The summed E-state index contributed by atoms with van der Waals surface area (Å²) in [6, 6.07) is 16.3. The largest absolute Gasteiger partial charge is 0.481 e. The van der Waals surface area contributed by atoms with Crippen molar-refractivity contribution in [2.24, 2.45) is 5.92 Å². The van der Waals surface area contributed by atoms with E-state index in [1.165, 1.54) is 0 Å². The number of carboxylic acids is 1. The summed E-state index contributed by atoms with van der Waals surface area (Å²) in [4.78, 5) is 35.9. The van der Waals surface area contributed by atoms with Gasteiger partial charge in [0.05, 0.1) is 17.9 Å². The second kappa shape index (κ2) is 9.02. The molecule has 2 amide bonds. The highest BCUT2D eigenvalue weighted by atomic mass is 16.5. The summed E-state index contributed by atoms with van der Waals surface area (Å²) in [6.07, 6.45) is 1.22. The van der Waals surface area contributed by atoms with E-state index >= 15 is 0 Å². The maximum atomic E-state index is 12.6. The van der Waals surface area contributed by atoms with E-state index in [0.29, 0.717) is 19.3 Å². The zero-order valence-electron chi connectivity index (χ0n) is 18.1. The summed E-state index contributed by atoms with van der Waals surface area (Å²) in [5.41, 5.74) is 3.98. The quantitative estimate of drug-likeness (QED) is 0.556. The molecule has 0 spiro atoms. The molecule has 2 aromatic rings. The molecule has 1 saturated carbocycles. The Morgan fingerprint density at radius 2 is 1.66 bits per heavy atom. The van der Waals surface area contributed by atoms with E-state index in [9.17, 15) is 14.4 Å². The lowest BCUT2D eigenvalue weighted by atomic mass is 9.98. The average Bonchev–Trinajstić information content (AvgIpc) is 3.44. The maximum Gasteiger partial charge on any atom is 0.407 e. The first kappa shape index (κ1) is 21.9. The van der Waals surface area contributed by atoms with Gasteiger partial charge in [0.2, 0.25) is 5.91 Å². The van der Waals surface area contributed by atoms with E-state index in [-0.39, 0.29) is 31.4 Å². The topological polar surface area (TPSA) is 105 Å². The first-order valence-electron chi connectivity index (χ1n) is 11.0. The summed E-state index contributed by atoms with van der Waals surface area (Å²) in [7, 11) is 0. The minimum atomic E-state index is -0.924. The molecular weight excluding hydrogens is 408 g/mol. The molecule has 2 aliphatic carbocycles. The van der Waals surface area contributed by atoms with E-state index < -0.39 is 23.5 Å². The molecule has 7 nitrogen and oxygen atoms in total. The van der Waals surface area contributed by atoms with Gasteiger partial charge in [0.1, 0.15) is 6.61 Å². The van der Waals surface area contributed by atoms with Crippen LogP contribution in [0.3, 0.4) is 0 Å². The van der Waals surface area contributed by atoms with Crippen molar-refractivity contribution in [1.29, 1.82) is 0 Å². The van der Waals surface area contributed by atoms with Crippen LogP contribution in [0.1, 0.15) is 49.7 Å².